The number of anilines is 1. The fourth-order valence-electron chi connectivity index (χ4n) is 3.93. The SMILES string of the molecule is COc1cc(/C=C/C(=O)N(C)Cc2ccccc2N2CCCC2)cc2c1OCCO2. The first-order valence-electron chi connectivity index (χ1n) is 10.4. The molecule has 6 nitrogen and oxygen atoms in total. The second kappa shape index (κ2) is 9.11. The van der Waals surface area contributed by atoms with E-state index in [4.69, 9.17) is 14.2 Å². The smallest absolute Gasteiger partial charge is 0.246 e. The van der Waals surface area contributed by atoms with E-state index in [1.54, 1.807) is 24.2 Å². The summed E-state index contributed by atoms with van der Waals surface area (Å²) in [7, 11) is 3.43. The average molecular weight is 408 g/mol. The molecule has 30 heavy (non-hydrogen) atoms. The number of methoxy groups -OCH3 is 1. The van der Waals surface area contributed by atoms with Crippen molar-refractivity contribution in [3.05, 3.63) is 53.6 Å². The van der Waals surface area contributed by atoms with E-state index in [-0.39, 0.29) is 5.91 Å². The predicted octanol–water partition coefficient (Wildman–Crippen LogP) is 3.74. The van der Waals surface area contributed by atoms with Gasteiger partial charge in [0.1, 0.15) is 13.2 Å². The number of amides is 1. The lowest BCUT2D eigenvalue weighted by Gasteiger charge is -2.24. The van der Waals surface area contributed by atoms with Gasteiger partial charge in [-0.05, 0) is 48.2 Å². The van der Waals surface area contributed by atoms with Gasteiger partial charge in [0.25, 0.3) is 0 Å². The molecular formula is C24H28N2O4. The third-order valence-corrected chi connectivity index (χ3v) is 5.49. The molecule has 1 amide bonds. The van der Waals surface area contributed by atoms with E-state index in [0.717, 1.165) is 18.7 Å². The predicted molar refractivity (Wildman–Crippen MR) is 117 cm³/mol. The number of rotatable bonds is 6. The maximum Gasteiger partial charge on any atom is 0.246 e. The van der Waals surface area contributed by atoms with Crippen molar-refractivity contribution in [1.29, 1.82) is 0 Å². The van der Waals surface area contributed by atoms with Crippen molar-refractivity contribution in [2.45, 2.75) is 19.4 Å². The monoisotopic (exact) mass is 408 g/mol. The summed E-state index contributed by atoms with van der Waals surface area (Å²) in [5, 5.41) is 0. The quantitative estimate of drug-likeness (QED) is 0.682. The van der Waals surface area contributed by atoms with E-state index in [1.165, 1.54) is 24.1 Å². The lowest BCUT2D eigenvalue weighted by molar-refractivity contribution is -0.125. The van der Waals surface area contributed by atoms with Gasteiger partial charge < -0.3 is 24.0 Å². The molecule has 158 valence electrons. The average Bonchev–Trinajstić information content (AvgIpc) is 3.32. The van der Waals surface area contributed by atoms with Crippen LogP contribution in [-0.2, 0) is 11.3 Å². The Balaban J connectivity index is 1.46. The van der Waals surface area contributed by atoms with Crippen molar-refractivity contribution in [2.24, 2.45) is 0 Å². The fraction of sp³-hybridized carbons (Fsp3) is 0.375. The Hall–Kier alpha value is -3.15. The molecule has 0 N–H and O–H groups in total. The molecule has 1 fully saturated rings. The van der Waals surface area contributed by atoms with Gasteiger partial charge >= 0.3 is 0 Å². The third-order valence-electron chi connectivity index (χ3n) is 5.49. The van der Waals surface area contributed by atoms with Gasteiger partial charge in [-0.1, -0.05) is 18.2 Å². The van der Waals surface area contributed by atoms with Crippen LogP contribution >= 0.6 is 0 Å². The third kappa shape index (κ3) is 4.37. The highest BCUT2D eigenvalue weighted by Crippen LogP contribution is 2.40. The van der Waals surface area contributed by atoms with Gasteiger partial charge in [0.05, 0.1) is 7.11 Å². The highest BCUT2D eigenvalue weighted by atomic mass is 16.6. The Bertz CT molecular complexity index is 918. The Morgan fingerprint density at radius 3 is 2.73 bits per heavy atom. The summed E-state index contributed by atoms with van der Waals surface area (Å²) in [5.41, 5.74) is 3.23. The maximum atomic E-state index is 12.7. The van der Waals surface area contributed by atoms with E-state index in [1.807, 2.05) is 25.2 Å². The van der Waals surface area contributed by atoms with Gasteiger partial charge in [-0.15, -0.1) is 0 Å². The molecule has 1 saturated heterocycles. The molecule has 2 aromatic carbocycles. The van der Waals surface area contributed by atoms with Gasteiger partial charge in [0.15, 0.2) is 11.5 Å². The van der Waals surface area contributed by atoms with E-state index in [9.17, 15) is 4.79 Å². The number of para-hydroxylation sites is 1. The summed E-state index contributed by atoms with van der Waals surface area (Å²) in [4.78, 5) is 16.9. The second-order valence-electron chi connectivity index (χ2n) is 7.60. The van der Waals surface area contributed by atoms with Gasteiger partial charge in [-0.3, -0.25) is 4.79 Å². The summed E-state index contributed by atoms with van der Waals surface area (Å²) in [6.07, 6.45) is 5.82. The molecule has 2 aromatic rings. The Morgan fingerprint density at radius 2 is 1.93 bits per heavy atom. The number of benzene rings is 2. The van der Waals surface area contributed by atoms with Crippen LogP contribution in [0.3, 0.4) is 0 Å². The van der Waals surface area contributed by atoms with Crippen LogP contribution in [0.2, 0.25) is 0 Å². The second-order valence-corrected chi connectivity index (χ2v) is 7.60. The van der Waals surface area contributed by atoms with Crippen molar-refractivity contribution >= 4 is 17.7 Å². The Labute approximate surface area is 177 Å². The summed E-state index contributed by atoms with van der Waals surface area (Å²) >= 11 is 0. The van der Waals surface area contributed by atoms with Crippen LogP contribution in [0.4, 0.5) is 5.69 Å². The summed E-state index contributed by atoms with van der Waals surface area (Å²) in [6, 6.07) is 12.1. The van der Waals surface area contributed by atoms with Crippen molar-refractivity contribution in [2.75, 3.05) is 45.4 Å². The number of nitrogens with zero attached hydrogens (tertiary/aromatic N) is 2. The molecule has 0 spiro atoms. The molecule has 0 radical (unpaired) electrons. The number of carbonyl (C=O) groups excluding carboxylic acids is 1. The zero-order chi connectivity index (χ0) is 20.9. The van der Waals surface area contributed by atoms with Crippen molar-refractivity contribution in [3.63, 3.8) is 0 Å². The van der Waals surface area contributed by atoms with Crippen LogP contribution in [0, 0.1) is 0 Å². The molecule has 0 atom stereocenters. The van der Waals surface area contributed by atoms with Crippen LogP contribution < -0.4 is 19.1 Å². The fourth-order valence-corrected chi connectivity index (χ4v) is 3.93. The number of likely N-dealkylation sites (N-methyl/N-ethyl adjacent to an activating group) is 1. The molecule has 2 aliphatic heterocycles. The first-order valence-corrected chi connectivity index (χ1v) is 10.4. The molecule has 2 aliphatic rings. The van der Waals surface area contributed by atoms with Crippen LogP contribution in [-0.4, -0.2) is 51.3 Å². The standard InChI is InChI=1S/C24H28N2O4/c1-25(17-19-7-3-4-8-20(19)26-11-5-6-12-26)23(27)10-9-18-15-21(28-2)24-22(16-18)29-13-14-30-24/h3-4,7-10,15-16H,5-6,11-14,17H2,1-2H3/b10-9+. The Kier molecular flexibility index (Phi) is 6.12. The van der Waals surface area contributed by atoms with Crippen LogP contribution in [0.25, 0.3) is 6.08 Å². The summed E-state index contributed by atoms with van der Waals surface area (Å²) < 4.78 is 16.7. The van der Waals surface area contributed by atoms with Crippen molar-refractivity contribution in [1.82, 2.24) is 4.90 Å². The van der Waals surface area contributed by atoms with E-state index in [2.05, 4.69) is 23.1 Å². The Morgan fingerprint density at radius 1 is 1.17 bits per heavy atom. The van der Waals surface area contributed by atoms with Crippen LogP contribution in [0.15, 0.2) is 42.5 Å². The summed E-state index contributed by atoms with van der Waals surface area (Å²) in [6.45, 7) is 3.74. The molecule has 0 saturated carbocycles. The highest BCUT2D eigenvalue weighted by molar-refractivity contribution is 5.92. The molecule has 2 heterocycles. The molecule has 0 aromatic heterocycles. The number of carbonyl (C=O) groups is 1. The number of ether oxygens (including phenoxy) is 3. The molecule has 0 unspecified atom stereocenters. The summed E-state index contributed by atoms with van der Waals surface area (Å²) in [5.74, 6) is 1.80. The van der Waals surface area contributed by atoms with Crippen molar-refractivity contribution in [3.8, 4) is 17.2 Å². The van der Waals surface area contributed by atoms with Crippen LogP contribution in [0.1, 0.15) is 24.0 Å². The van der Waals surface area contributed by atoms with E-state index < -0.39 is 0 Å². The normalized spacial score (nSPS) is 15.5. The van der Waals surface area contributed by atoms with Gasteiger partial charge in [-0.2, -0.15) is 0 Å². The number of fused-ring (bicyclic) bond motifs is 1. The van der Waals surface area contributed by atoms with Gasteiger partial charge in [0.2, 0.25) is 11.7 Å². The zero-order valence-corrected chi connectivity index (χ0v) is 17.6. The lowest BCUT2D eigenvalue weighted by atomic mass is 10.1. The van der Waals surface area contributed by atoms with E-state index >= 15 is 0 Å². The zero-order valence-electron chi connectivity index (χ0n) is 17.6. The minimum absolute atomic E-state index is 0.0555. The number of hydrogen-bond donors (Lipinski definition) is 0. The minimum atomic E-state index is -0.0555. The van der Waals surface area contributed by atoms with Crippen LogP contribution in [0.5, 0.6) is 17.2 Å². The lowest BCUT2D eigenvalue weighted by Crippen LogP contribution is -2.26. The molecule has 6 heteroatoms. The van der Waals surface area contributed by atoms with E-state index in [0.29, 0.717) is 37.0 Å². The molecule has 0 bridgehead atoms. The largest absolute Gasteiger partial charge is 0.493 e. The minimum Gasteiger partial charge on any atom is -0.493 e. The molecule has 4 rings (SSSR count). The van der Waals surface area contributed by atoms with Gasteiger partial charge in [0, 0.05) is 38.4 Å². The molecule has 0 aliphatic carbocycles. The highest BCUT2D eigenvalue weighted by Gasteiger charge is 2.19. The van der Waals surface area contributed by atoms with Crippen molar-refractivity contribution < 1.29 is 19.0 Å². The molecular weight excluding hydrogens is 380 g/mol. The number of hydrogen-bond acceptors (Lipinski definition) is 5. The first-order chi connectivity index (χ1) is 14.7. The van der Waals surface area contributed by atoms with Gasteiger partial charge in [-0.25, -0.2) is 0 Å². The maximum absolute atomic E-state index is 12.7. The topological polar surface area (TPSA) is 51.2 Å². The first kappa shape index (κ1) is 20.1.